The van der Waals surface area contributed by atoms with Crippen LogP contribution in [0.5, 0.6) is 5.75 Å². The molecule has 2 rings (SSSR count). The van der Waals surface area contributed by atoms with E-state index in [1.165, 1.54) is 18.4 Å². The van der Waals surface area contributed by atoms with Gasteiger partial charge in [0.2, 0.25) is 0 Å². The smallest absolute Gasteiger partial charge is 0.123 e. The van der Waals surface area contributed by atoms with Crippen molar-refractivity contribution in [3.05, 3.63) is 29.8 Å². The lowest BCUT2D eigenvalue weighted by Crippen LogP contribution is -2.14. The molecule has 0 aromatic heterocycles. The van der Waals surface area contributed by atoms with E-state index in [2.05, 4.69) is 39.0 Å². The molecule has 0 N–H and O–H groups in total. The molecular weight excluding hydrogens is 236 g/mol. The van der Waals surface area contributed by atoms with Gasteiger partial charge in [0.25, 0.3) is 0 Å². The minimum Gasteiger partial charge on any atom is -0.493 e. The van der Waals surface area contributed by atoms with Gasteiger partial charge in [0.05, 0.1) is 12.7 Å². The van der Waals surface area contributed by atoms with Crippen LogP contribution in [0.2, 0.25) is 0 Å². The Hall–Kier alpha value is -1.02. The molecule has 1 aromatic carbocycles. The molecule has 1 atom stereocenters. The first kappa shape index (κ1) is 14.4. The van der Waals surface area contributed by atoms with Crippen LogP contribution in [0.25, 0.3) is 0 Å². The van der Waals surface area contributed by atoms with Crippen molar-refractivity contribution in [3.63, 3.8) is 0 Å². The van der Waals surface area contributed by atoms with Crippen molar-refractivity contribution < 1.29 is 9.47 Å². The van der Waals surface area contributed by atoms with E-state index in [-0.39, 0.29) is 5.41 Å². The highest BCUT2D eigenvalue weighted by molar-refractivity contribution is 5.38. The predicted octanol–water partition coefficient (Wildman–Crippen LogP) is 4.32. The zero-order chi connectivity index (χ0) is 13.7. The molecule has 0 radical (unpaired) electrons. The number of hydrogen-bond acceptors (Lipinski definition) is 2. The van der Waals surface area contributed by atoms with Gasteiger partial charge < -0.3 is 9.47 Å². The molecule has 1 heterocycles. The van der Waals surface area contributed by atoms with E-state index in [1.54, 1.807) is 0 Å². The normalized spacial score (nSPS) is 19.6. The van der Waals surface area contributed by atoms with Crippen LogP contribution in [0.15, 0.2) is 24.3 Å². The minimum absolute atomic E-state index is 0.130. The van der Waals surface area contributed by atoms with Crippen molar-refractivity contribution in [3.8, 4) is 5.75 Å². The van der Waals surface area contributed by atoms with Gasteiger partial charge in [-0.05, 0) is 42.7 Å². The molecule has 2 nitrogen and oxygen atoms in total. The molecule has 1 saturated heterocycles. The van der Waals surface area contributed by atoms with Crippen molar-refractivity contribution in [1.29, 1.82) is 0 Å². The van der Waals surface area contributed by atoms with Crippen LogP contribution < -0.4 is 4.74 Å². The quantitative estimate of drug-likeness (QED) is 0.736. The van der Waals surface area contributed by atoms with Crippen LogP contribution in [0, 0.1) is 0 Å². The summed E-state index contributed by atoms with van der Waals surface area (Å²) in [6.07, 6.45) is 5.11. The van der Waals surface area contributed by atoms with Gasteiger partial charge in [0.1, 0.15) is 5.75 Å². The Bertz CT molecular complexity index is 386. The first-order valence-corrected chi connectivity index (χ1v) is 7.41. The Balaban J connectivity index is 1.82. The lowest BCUT2D eigenvalue weighted by molar-refractivity contribution is 0.0980. The molecule has 1 fully saturated rings. The SMILES string of the molecule is CC(C)(C)c1ccccc1OCCCC1CCCO1. The Kier molecular flexibility index (Phi) is 4.87. The number of rotatable bonds is 5. The van der Waals surface area contributed by atoms with Crippen LogP contribution >= 0.6 is 0 Å². The highest BCUT2D eigenvalue weighted by Gasteiger charge is 2.18. The largest absolute Gasteiger partial charge is 0.493 e. The zero-order valence-electron chi connectivity index (χ0n) is 12.4. The molecule has 0 aliphatic carbocycles. The van der Waals surface area contributed by atoms with Crippen molar-refractivity contribution in [2.24, 2.45) is 0 Å². The minimum atomic E-state index is 0.130. The molecular formula is C17H26O2. The fraction of sp³-hybridized carbons (Fsp3) is 0.647. The average Bonchev–Trinajstić information content (AvgIpc) is 2.87. The summed E-state index contributed by atoms with van der Waals surface area (Å²) in [4.78, 5) is 0. The van der Waals surface area contributed by atoms with Crippen LogP contribution in [0.4, 0.5) is 0 Å². The number of benzene rings is 1. The third-order valence-corrected chi connectivity index (χ3v) is 3.65. The summed E-state index contributed by atoms with van der Waals surface area (Å²) >= 11 is 0. The highest BCUT2D eigenvalue weighted by Crippen LogP contribution is 2.31. The summed E-state index contributed by atoms with van der Waals surface area (Å²) < 4.78 is 11.6. The molecule has 0 bridgehead atoms. The third-order valence-electron chi connectivity index (χ3n) is 3.65. The standard InChI is InChI=1S/C17H26O2/c1-17(2,3)15-10-4-5-11-16(15)19-13-7-9-14-8-6-12-18-14/h4-5,10-11,14H,6-9,12-13H2,1-3H3. The van der Waals surface area contributed by atoms with E-state index in [4.69, 9.17) is 9.47 Å². The first-order chi connectivity index (χ1) is 9.07. The molecule has 0 spiro atoms. The van der Waals surface area contributed by atoms with Crippen molar-refractivity contribution in [2.45, 2.75) is 58.0 Å². The topological polar surface area (TPSA) is 18.5 Å². The maximum Gasteiger partial charge on any atom is 0.123 e. The van der Waals surface area contributed by atoms with Gasteiger partial charge in [-0.2, -0.15) is 0 Å². The van der Waals surface area contributed by atoms with Crippen molar-refractivity contribution in [1.82, 2.24) is 0 Å². The summed E-state index contributed by atoms with van der Waals surface area (Å²) in [6.45, 7) is 8.40. The monoisotopic (exact) mass is 262 g/mol. The molecule has 106 valence electrons. The molecule has 2 heteroatoms. The van der Waals surface area contributed by atoms with Crippen molar-refractivity contribution in [2.75, 3.05) is 13.2 Å². The molecule has 1 unspecified atom stereocenters. The van der Waals surface area contributed by atoms with Gasteiger partial charge in [-0.3, -0.25) is 0 Å². The second-order valence-electron chi connectivity index (χ2n) is 6.37. The maximum absolute atomic E-state index is 5.97. The zero-order valence-corrected chi connectivity index (χ0v) is 12.4. The van der Waals surface area contributed by atoms with Gasteiger partial charge in [-0.25, -0.2) is 0 Å². The van der Waals surface area contributed by atoms with E-state index >= 15 is 0 Å². The second kappa shape index (κ2) is 6.42. The Morgan fingerprint density at radius 2 is 2.05 bits per heavy atom. The van der Waals surface area contributed by atoms with E-state index in [9.17, 15) is 0 Å². The molecule has 1 aliphatic heterocycles. The second-order valence-corrected chi connectivity index (χ2v) is 6.37. The van der Waals surface area contributed by atoms with Gasteiger partial charge in [0, 0.05) is 6.61 Å². The summed E-state index contributed by atoms with van der Waals surface area (Å²) in [5, 5.41) is 0. The lowest BCUT2D eigenvalue weighted by atomic mass is 9.86. The summed E-state index contributed by atoms with van der Waals surface area (Å²) in [7, 11) is 0. The lowest BCUT2D eigenvalue weighted by Gasteiger charge is -2.22. The van der Waals surface area contributed by atoms with Gasteiger partial charge in [0.15, 0.2) is 0 Å². The number of para-hydroxylation sites is 1. The third kappa shape index (κ3) is 4.24. The molecule has 0 amide bonds. The van der Waals surface area contributed by atoms with Gasteiger partial charge >= 0.3 is 0 Å². The summed E-state index contributed by atoms with van der Waals surface area (Å²) in [5.41, 5.74) is 1.41. The first-order valence-electron chi connectivity index (χ1n) is 7.41. The van der Waals surface area contributed by atoms with Crippen LogP contribution in [-0.4, -0.2) is 19.3 Å². The van der Waals surface area contributed by atoms with Crippen LogP contribution in [0.1, 0.15) is 52.0 Å². The molecule has 1 aliphatic rings. The van der Waals surface area contributed by atoms with Crippen molar-refractivity contribution >= 4 is 0 Å². The van der Waals surface area contributed by atoms with Gasteiger partial charge in [-0.1, -0.05) is 39.0 Å². The summed E-state index contributed by atoms with van der Waals surface area (Å²) in [5.74, 6) is 1.03. The molecule has 0 saturated carbocycles. The Morgan fingerprint density at radius 1 is 1.26 bits per heavy atom. The van der Waals surface area contributed by atoms with E-state index in [0.29, 0.717) is 6.10 Å². The Morgan fingerprint density at radius 3 is 2.74 bits per heavy atom. The fourth-order valence-electron chi connectivity index (χ4n) is 2.58. The van der Waals surface area contributed by atoms with Crippen LogP contribution in [-0.2, 0) is 10.2 Å². The highest BCUT2D eigenvalue weighted by atomic mass is 16.5. The van der Waals surface area contributed by atoms with Crippen LogP contribution in [0.3, 0.4) is 0 Å². The number of hydrogen-bond donors (Lipinski definition) is 0. The average molecular weight is 262 g/mol. The molecule has 19 heavy (non-hydrogen) atoms. The van der Waals surface area contributed by atoms with E-state index < -0.39 is 0 Å². The van der Waals surface area contributed by atoms with E-state index in [1.807, 2.05) is 6.07 Å². The maximum atomic E-state index is 5.97. The molecule has 1 aromatic rings. The Labute approximate surface area is 117 Å². The van der Waals surface area contributed by atoms with E-state index in [0.717, 1.165) is 31.8 Å². The predicted molar refractivity (Wildman–Crippen MR) is 78.8 cm³/mol. The fourth-order valence-corrected chi connectivity index (χ4v) is 2.58. The summed E-state index contributed by atoms with van der Waals surface area (Å²) in [6, 6.07) is 8.37. The van der Waals surface area contributed by atoms with Gasteiger partial charge in [-0.15, -0.1) is 0 Å². The number of ether oxygens (including phenoxy) is 2.